The van der Waals surface area contributed by atoms with E-state index >= 15 is 0 Å². The highest BCUT2D eigenvalue weighted by atomic mass is 16.6. The average Bonchev–Trinajstić information content (AvgIpc) is 3.23. The van der Waals surface area contributed by atoms with Gasteiger partial charge >= 0.3 is 17.9 Å². The van der Waals surface area contributed by atoms with E-state index in [1.807, 2.05) is 0 Å². The van der Waals surface area contributed by atoms with Gasteiger partial charge in [-0.2, -0.15) is 0 Å². The van der Waals surface area contributed by atoms with Crippen LogP contribution in [0.3, 0.4) is 0 Å². The molecule has 0 aliphatic rings. The van der Waals surface area contributed by atoms with Crippen molar-refractivity contribution in [3.05, 3.63) is 0 Å². The van der Waals surface area contributed by atoms with Crippen LogP contribution in [0.1, 0.15) is 303 Å². The number of esters is 3. The first kappa shape index (κ1) is 57.4. The van der Waals surface area contributed by atoms with E-state index in [2.05, 4.69) is 20.8 Å². The maximum atomic E-state index is 12.8. The predicted octanol–water partition coefficient (Wildman–Crippen LogP) is 17.2. The smallest absolute Gasteiger partial charge is 0.306 e. The second-order valence-electron chi connectivity index (χ2n) is 18.2. The van der Waals surface area contributed by atoms with Crippen LogP contribution in [0.15, 0.2) is 0 Å². The molecule has 0 aliphatic carbocycles. The summed E-state index contributed by atoms with van der Waals surface area (Å²) in [4.78, 5) is 37.9. The molecule has 0 fully saturated rings. The van der Waals surface area contributed by atoms with Crippen molar-refractivity contribution in [1.29, 1.82) is 0 Å². The van der Waals surface area contributed by atoms with Crippen LogP contribution in [0.2, 0.25) is 0 Å². The normalized spacial score (nSPS) is 11.8. The molecule has 0 amide bonds. The van der Waals surface area contributed by atoms with Crippen molar-refractivity contribution in [3.63, 3.8) is 0 Å². The third kappa shape index (κ3) is 47.3. The molecule has 0 N–H and O–H groups in total. The first-order valence-electron chi connectivity index (χ1n) is 26.5. The maximum absolute atomic E-state index is 12.8. The third-order valence-corrected chi connectivity index (χ3v) is 12.1. The van der Waals surface area contributed by atoms with Crippen LogP contribution < -0.4 is 0 Å². The number of hydrogen-bond acceptors (Lipinski definition) is 6. The van der Waals surface area contributed by atoms with E-state index in [9.17, 15) is 14.4 Å². The second kappa shape index (κ2) is 49.1. The Morgan fingerprint density at radius 3 is 0.678 bits per heavy atom. The quantitative estimate of drug-likeness (QED) is 0.0345. The lowest BCUT2D eigenvalue weighted by Crippen LogP contribution is -2.30. The van der Waals surface area contributed by atoms with E-state index in [4.69, 9.17) is 14.2 Å². The van der Waals surface area contributed by atoms with Gasteiger partial charge in [0, 0.05) is 19.3 Å². The van der Waals surface area contributed by atoms with Crippen molar-refractivity contribution < 1.29 is 28.6 Å². The fourth-order valence-electron chi connectivity index (χ4n) is 8.09. The number of unbranched alkanes of at least 4 members (excludes halogenated alkanes) is 38. The fourth-order valence-corrected chi connectivity index (χ4v) is 8.09. The van der Waals surface area contributed by atoms with E-state index in [-0.39, 0.29) is 31.1 Å². The Balaban J connectivity index is 4.21. The van der Waals surface area contributed by atoms with Crippen molar-refractivity contribution >= 4 is 17.9 Å². The number of rotatable bonds is 49. The lowest BCUT2D eigenvalue weighted by atomic mass is 10.0. The highest BCUT2D eigenvalue weighted by Gasteiger charge is 2.19. The molecule has 0 heterocycles. The highest BCUT2D eigenvalue weighted by Crippen LogP contribution is 2.17. The minimum atomic E-state index is -0.759. The van der Waals surface area contributed by atoms with Crippen molar-refractivity contribution in [2.24, 2.45) is 0 Å². The van der Waals surface area contributed by atoms with Crippen LogP contribution in [0, 0.1) is 0 Å². The summed E-state index contributed by atoms with van der Waals surface area (Å²) in [5.74, 6) is -0.842. The van der Waals surface area contributed by atoms with E-state index in [0.29, 0.717) is 19.3 Å². The first-order chi connectivity index (χ1) is 29.0. The Kier molecular flexibility index (Phi) is 47.7. The van der Waals surface area contributed by atoms with Crippen LogP contribution in [0.5, 0.6) is 0 Å². The van der Waals surface area contributed by atoms with Gasteiger partial charge in [-0.05, 0) is 19.3 Å². The van der Waals surface area contributed by atoms with Crippen LogP contribution in [-0.4, -0.2) is 37.2 Å². The predicted molar refractivity (Wildman–Crippen MR) is 252 cm³/mol. The molecule has 0 aromatic carbocycles. The molecule has 6 nitrogen and oxygen atoms in total. The van der Waals surface area contributed by atoms with Crippen LogP contribution >= 0.6 is 0 Å². The summed E-state index contributed by atoms with van der Waals surface area (Å²) >= 11 is 0. The molecule has 0 rings (SSSR count). The molecule has 0 spiro atoms. The summed E-state index contributed by atoms with van der Waals surface area (Å²) in [6.07, 6.45) is 52.3. The van der Waals surface area contributed by atoms with Gasteiger partial charge in [0.1, 0.15) is 13.2 Å². The molecule has 0 saturated heterocycles. The average molecular weight is 835 g/mol. The van der Waals surface area contributed by atoms with E-state index in [0.717, 1.165) is 57.8 Å². The number of carbonyl (C=O) groups excluding carboxylic acids is 3. The zero-order valence-corrected chi connectivity index (χ0v) is 40.1. The molecular formula is C53H102O6. The second-order valence-corrected chi connectivity index (χ2v) is 18.2. The lowest BCUT2D eigenvalue weighted by Gasteiger charge is -2.18. The minimum absolute atomic E-state index is 0.0618. The SMILES string of the molecule is CCCCCCCCCCCCCCCCCCCCCC(=O)OC[C@H](COC(=O)CCCCCCCCCCCC)OC(=O)CCCCCCCCCCCCCC. The molecule has 59 heavy (non-hydrogen) atoms. The molecule has 0 radical (unpaired) electrons. The summed E-state index contributed by atoms with van der Waals surface area (Å²) in [6.45, 7) is 6.67. The molecule has 0 saturated carbocycles. The van der Waals surface area contributed by atoms with Crippen LogP contribution in [-0.2, 0) is 28.6 Å². The van der Waals surface area contributed by atoms with Gasteiger partial charge in [0.2, 0.25) is 0 Å². The Hall–Kier alpha value is -1.59. The number of carbonyl (C=O) groups is 3. The molecule has 0 aromatic rings. The maximum Gasteiger partial charge on any atom is 0.306 e. The monoisotopic (exact) mass is 835 g/mol. The van der Waals surface area contributed by atoms with Gasteiger partial charge in [-0.3, -0.25) is 14.4 Å². The van der Waals surface area contributed by atoms with Crippen LogP contribution in [0.4, 0.5) is 0 Å². The minimum Gasteiger partial charge on any atom is -0.462 e. The van der Waals surface area contributed by atoms with Gasteiger partial charge < -0.3 is 14.2 Å². The molecule has 0 aliphatic heterocycles. The summed E-state index contributed by atoms with van der Waals surface area (Å²) in [7, 11) is 0. The molecule has 350 valence electrons. The molecule has 0 unspecified atom stereocenters. The van der Waals surface area contributed by atoms with E-state index in [1.54, 1.807) is 0 Å². The summed E-state index contributed by atoms with van der Waals surface area (Å²) in [5.41, 5.74) is 0. The van der Waals surface area contributed by atoms with Crippen molar-refractivity contribution in [3.8, 4) is 0 Å². The Bertz CT molecular complexity index is 874. The molecule has 0 aromatic heterocycles. The first-order valence-corrected chi connectivity index (χ1v) is 26.5. The topological polar surface area (TPSA) is 78.9 Å². The standard InChI is InChI=1S/C53H102O6/c1-4-7-10-13-16-19-22-24-25-26-27-28-29-30-32-34-37-40-43-46-52(55)58-49-50(48-57-51(54)45-42-39-36-33-21-18-15-12-9-6-3)59-53(56)47-44-41-38-35-31-23-20-17-14-11-8-5-2/h50H,4-49H2,1-3H3/t50-/m0/s1. The Labute approximate surface area is 368 Å². The van der Waals surface area contributed by atoms with Gasteiger partial charge in [-0.25, -0.2) is 0 Å². The van der Waals surface area contributed by atoms with Gasteiger partial charge in [-0.1, -0.05) is 265 Å². The molecule has 1 atom stereocenters. The van der Waals surface area contributed by atoms with Gasteiger partial charge in [0.15, 0.2) is 6.10 Å². The highest BCUT2D eigenvalue weighted by molar-refractivity contribution is 5.71. The fraction of sp³-hybridized carbons (Fsp3) is 0.943. The largest absolute Gasteiger partial charge is 0.462 e. The zero-order valence-electron chi connectivity index (χ0n) is 40.1. The molecule has 0 bridgehead atoms. The summed E-state index contributed by atoms with van der Waals surface area (Å²) in [6, 6.07) is 0. The van der Waals surface area contributed by atoms with E-state index in [1.165, 1.54) is 205 Å². The number of hydrogen-bond donors (Lipinski definition) is 0. The van der Waals surface area contributed by atoms with E-state index < -0.39 is 6.10 Å². The summed E-state index contributed by atoms with van der Waals surface area (Å²) in [5, 5.41) is 0. The van der Waals surface area contributed by atoms with Crippen LogP contribution in [0.25, 0.3) is 0 Å². The Morgan fingerprint density at radius 2 is 0.458 bits per heavy atom. The van der Waals surface area contributed by atoms with Crippen molar-refractivity contribution in [1.82, 2.24) is 0 Å². The van der Waals surface area contributed by atoms with Gasteiger partial charge in [-0.15, -0.1) is 0 Å². The van der Waals surface area contributed by atoms with Crippen molar-refractivity contribution in [2.75, 3.05) is 13.2 Å². The molecule has 6 heteroatoms. The zero-order chi connectivity index (χ0) is 43.0. The molecular weight excluding hydrogens is 733 g/mol. The van der Waals surface area contributed by atoms with Gasteiger partial charge in [0.05, 0.1) is 0 Å². The lowest BCUT2D eigenvalue weighted by molar-refractivity contribution is -0.167. The number of ether oxygens (including phenoxy) is 3. The summed E-state index contributed by atoms with van der Waals surface area (Å²) < 4.78 is 16.8. The Morgan fingerprint density at radius 1 is 0.271 bits per heavy atom. The van der Waals surface area contributed by atoms with Crippen molar-refractivity contribution in [2.45, 2.75) is 309 Å². The third-order valence-electron chi connectivity index (χ3n) is 12.1. The van der Waals surface area contributed by atoms with Gasteiger partial charge in [0.25, 0.3) is 0 Å².